The van der Waals surface area contributed by atoms with Gasteiger partial charge in [-0.3, -0.25) is 4.79 Å². The molecule has 0 atom stereocenters. The second-order valence-electron chi connectivity index (χ2n) is 2.70. The van der Waals surface area contributed by atoms with Crippen LogP contribution in [-0.4, -0.2) is 12.9 Å². The van der Waals surface area contributed by atoms with Crippen molar-refractivity contribution in [1.29, 1.82) is 5.26 Å². The standard InChI is InChI=1S/C10H8INO2/c1-6(13)8-4-9(11)7(5-12)3-10(8)14-2/h3-4H,1-2H3. The van der Waals surface area contributed by atoms with Gasteiger partial charge in [0.05, 0.1) is 18.2 Å². The molecule has 3 nitrogen and oxygen atoms in total. The van der Waals surface area contributed by atoms with Crippen LogP contribution in [0.2, 0.25) is 0 Å². The van der Waals surface area contributed by atoms with Crippen LogP contribution in [-0.2, 0) is 0 Å². The number of ether oxygens (including phenoxy) is 1. The molecule has 4 heteroatoms. The maximum atomic E-state index is 11.2. The number of Topliss-reactive ketones (excluding diaryl/α,β-unsaturated/α-hetero) is 1. The first-order valence-electron chi connectivity index (χ1n) is 3.88. The molecule has 0 fully saturated rings. The summed E-state index contributed by atoms with van der Waals surface area (Å²) < 4.78 is 5.79. The Bertz CT molecular complexity index is 421. The minimum Gasteiger partial charge on any atom is -0.496 e. The molecule has 0 saturated carbocycles. The highest BCUT2D eigenvalue weighted by Gasteiger charge is 2.11. The van der Waals surface area contributed by atoms with Crippen molar-refractivity contribution in [3.8, 4) is 11.8 Å². The van der Waals surface area contributed by atoms with E-state index < -0.39 is 0 Å². The van der Waals surface area contributed by atoms with E-state index >= 15 is 0 Å². The maximum Gasteiger partial charge on any atom is 0.163 e. The van der Waals surface area contributed by atoms with Crippen molar-refractivity contribution >= 4 is 28.4 Å². The Morgan fingerprint density at radius 3 is 2.64 bits per heavy atom. The highest BCUT2D eigenvalue weighted by Crippen LogP contribution is 2.24. The summed E-state index contributed by atoms with van der Waals surface area (Å²) in [6, 6.07) is 5.29. The van der Waals surface area contributed by atoms with Crippen LogP contribution in [0, 0.1) is 14.9 Å². The second-order valence-corrected chi connectivity index (χ2v) is 3.86. The molecule has 0 aliphatic carbocycles. The fourth-order valence-corrected chi connectivity index (χ4v) is 1.67. The van der Waals surface area contributed by atoms with E-state index in [1.807, 2.05) is 28.7 Å². The number of rotatable bonds is 2. The normalized spacial score (nSPS) is 9.29. The van der Waals surface area contributed by atoms with Crippen molar-refractivity contribution in [2.75, 3.05) is 7.11 Å². The summed E-state index contributed by atoms with van der Waals surface area (Å²) in [4.78, 5) is 11.2. The first kappa shape index (κ1) is 11.0. The van der Waals surface area contributed by atoms with Gasteiger partial charge in [0.2, 0.25) is 0 Å². The van der Waals surface area contributed by atoms with Crippen LogP contribution in [0.15, 0.2) is 12.1 Å². The Labute approximate surface area is 95.8 Å². The van der Waals surface area contributed by atoms with Crippen LogP contribution < -0.4 is 4.74 Å². The minimum absolute atomic E-state index is 0.0655. The zero-order valence-electron chi connectivity index (χ0n) is 7.80. The minimum atomic E-state index is -0.0655. The number of methoxy groups -OCH3 is 1. The van der Waals surface area contributed by atoms with Crippen molar-refractivity contribution in [1.82, 2.24) is 0 Å². The Kier molecular flexibility index (Phi) is 3.47. The molecule has 0 N–H and O–H groups in total. The Hall–Kier alpha value is -1.09. The number of halogens is 1. The Morgan fingerprint density at radius 1 is 1.57 bits per heavy atom. The van der Waals surface area contributed by atoms with Gasteiger partial charge in [0, 0.05) is 3.57 Å². The first-order valence-corrected chi connectivity index (χ1v) is 4.96. The quantitative estimate of drug-likeness (QED) is 0.622. The van der Waals surface area contributed by atoms with Gasteiger partial charge in [0.25, 0.3) is 0 Å². The molecule has 0 radical (unpaired) electrons. The molecule has 0 amide bonds. The number of nitrogens with zero attached hydrogens (tertiary/aromatic N) is 1. The lowest BCUT2D eigenvalue weighted by molar-refractivity contribution is 0.101. The largest absolute Gasteiger partial charge is 0.496 e. The van der Waals surface area contributed by atoms with Crippen molar-refractivity contribution < 1.29 is 9.53 Å². The molecule has 0 saturated heterocycles. The molecule has 0 aliphatic heterocycles. The van der Waals surface area contributed by atoms with Crippen LogP contribution >= 0.6 is 22.6 Å². The summed E-state index contributed by atoms with van der Waals surface area (Å²) in [5.41, 5.74) is 1.03. The average molecular weight is 301 g/mol. The number of nitriles is 1. The number of benzene rings is 1. The van der Waals surface area contributed by atoms with Crippen LogP contribution in [0.5, 0.6) is 5.75 Å². The van der Waals surface area contributed by atoms with Crippen molar-refractivity contribution in [2.24, 2.45) is 0 Å². The molecule has 0 unspecified atom stereocenters. The summed E-state index contributed by atoms with van der Waals surface area (Å²) in [5, 5.41) is 8.77. The molecule has 1 aromatic rings. The molecular weight excluding hydrogens is 293 g/mol. The number of hydrogen-bond acceptors (Lipinski definition) is 3. The third-order valence-corrected chi connectivity index (χ3v) is 2.68. The van der Waals surface area contributed by atoms with Gasteiger partial charge >= 0.3 is 0 Å². The summed E-state index contributed by atoms with van der Waals surface area (Å²) in [6.07, 6.45) is 0. The van der Waals surface area contributed by atoms with Gasteiger partial charge in [-0.1, -0.05) is 0 Å². The van der Waals surface area contributed by atoms with E-state index in [-0.39, 0.29) is 5.78 Å². The lowest BCUT2D eigenvalue weighted by Crippen LogP contribution is -1.99. The van der Waals surface area contributed by atoms with E-state index in [1.54, 1.807) is 12.1 Å². The third kappa shape index (κ3) is 2.04. The fraction of sp³-hybridized carbons (Fsp3) is 0.200. The molecule has 1 rings (SSSR count). The third-order valence-electron chi connectivity index (χ3n) is 1.79. The van der Waals surface area contributed by atoms with Crippen molar-refractivity contribution in [3.63, 3.8) is 0 Å². The zero-order valence-corrected chi connectivity index (χ0v) is 9.95. The molecule has 14 heavy (non-hydrogen) atoms. The van der Waals surface area contributed by atoms with E-state index in [9.17, 15) is 4.79 Å². The Balaban J connectivity index is 3.41. The molecule has 72 valence electrons. The number of hydrogen-bond donors (Lipinski definition) is 0. The number of carbonyl (C=O) groups excluding carboxylic acids is 1. The Morgan fingerprint density at radius 2 is 2.21 bits per heavy atom. The molecule has 0 bridgehead atoms. The fourth-order valence-electron chi connectivity index (χ4n) is 1.08. The highest BCUT2D eigenvalue weighted by molar-refractivity contribution is 14.1. The summed E-state index contributed by atoms with van der Waals surface area (Å²) in [7, 11) is 1.48. The monoisotopic (exact) mass is 301 g/mol. The molecule has 0 heterocycles. The van der Waals surface area contributed by atoms with Crippen molar-refractivity contribution in [3.05, 3.63) is 26.8 Å². The van der Waals surface area contributed by atoms with E-state index in [2.05, 4.69) is 0 Å². The summed E-state index contributed by atoms with van der Waals surface area (Å²) >= 11 is 2.02. The summed E-state index contributed by atoms with van der Waals surface area (Å²) in [5.74, 6) is 0.388. The lowest BCUT2D eigenvalue weighted by Gasteiger charge is -2.06. The topological polar surface area (TPSA) is 50.1 Å². The molecule has 1 aromatic carbocycles. The van der Waals surface area contributed by atoms with Gasteiger partial charge in [-0.15, -0.1) is 0 Å². The smallest absolute Gasteiger partial charge is 0.163 e. The van der Waals surface area contributed by atoms with E-state index in [0.717, 1.165) is 3.57 Å². The van der Waals surface area contributed by atoms with Gasteiger partial charge in [-0.2, -0.15) is 5.26 Å². The average Bonchev–Trinajstić information content (AvgIpc) is 2.17. The number of carbonyl (C=O) groups is 1. The highest BCUT2D eigenvalue weighted by atomic mass is 127. The molecule has 0 aromatic heterocycles. The SMILES string of the molecule is COc1cc(C#N)c(I)cc1C(C)=O. The zero-order chi connectivity index (χ0) is 10.7. The van der Waals surface area contributed by atoms with Crippen LogP contribution in [0.4, 0.5) is 0 Å². The molecule has 0 aliphatic rings. The van der Waals surface area contributed by atoms with Crippen molar-refractivity contribution in [2.45, 2.75) is 6.92 Å². The van der Waals surface area contributed by atoms with E-state index in [0.29, 0.717) is 16.9 Å². The van der Waals surface area contributed by atoms with Gasteiger partial charge in [-0.25, -0.2) is 0 Å². The number of ketones is 1. The van der Waals surface area contributed by atoms with Gasteiger partial charge in [-0.05, 0) is 41.6 Å². The summed E-state index contributed by atoms with van der Waals surface area (Å²) in [6.45, 7) is 1.47. The maximum absolute atomic E-state index is 11.2. The van der Waals surface area contributed by atoms with Gasteiger partial charge in [0.1, 0.15) is 11.8 Å². The van der Waals surface area contributed by atoms with Crippen LogP contribution in [0.25, 0.3) is 0 Å². The molecular formula is C10H8INO2. The predicted octanol–water partition coefficient (Wildman–Crippen LogP) is 2.37. The second kappa shape index (κ2) is 4.42. The van der Waals surface area contributed by atoms with Gasteiger partial charge in [0.15, 0.2) is 5.78 Å². The van der Waals surface area contributed by atoms with E-state index in [1.165, 1.54) is 14.0 Å². The first-order chi connectivity index (χ1) is 6.60. The van der Waals surface area contributed by atoms with Crippen LogP contribution in [0.3, 0.4) is 0 Å². The van der Waals surface area contributed by atoms with Crippen LogP contribution in [0.1, 0.15) is 22.8 Å². The predicted molar refractivity (Wildman–Crippen MR) is 60.4 cm³/mol. The van der Waals surface area contributed by atoms with Gasteiger partial charge < -0.3 is 4.74 Å². The molecule has 0 spiro atoms. The van der Waals surface area contributed by atoms with E-state index in [4.69, 9.17) is 10.00 Å². The lowest BCUT2D eigenvalue weighted by atomic mass is 10.1.